The highest BCUT2D eigenvalue weighted by atomic mass is 14.0. The molecule has 0 saturated carbocycles. The summed E-state index contributed by atoms with van der Waals surface area (Å²) in [6.45, 7) is 4.54. The molecule has 0 aromatic heterocycles. The second kappa shape index (κ2) is 19.9. The summed E-state index contributed by atoms with van der Waals surface area (Å²) < 4.78 is 0. The minimum absolute atomic E-state index is 0. The van der Waals surface area contributed by atoms with Crippen molar-refractivity contribution in [2.75, 3.05) is 0 Å². The van der Waals surface area contributed by atoms with E-state index < -0.39 is 0 Å². The lowest BCUT2D eigenvalue weighted by Gasteiger charge is -2.05. The lowest BCUT2D eigenvalue weighted by molar-refractivity contribution is 0.527. The Morgan fingerprint density at radius 3 is 1.30 bits per heavy atom. The molecule has 0 aliphatic rings. The Morgan fingerprint density at radius 2 is 0.889 bits per heavy atom. The zero-order valence-electron chi connectivity index (χ0n) is 18.7. The van der Waals surface area contributed by atoms with Crippen molar-refractivity contribution < 1.29 is 0 Å². The van der Waals surface area contributed by atoms with E-state index in [-0.39, 0.29) is 6.15 Å². The first-order valence-corrected chi connectivity index (χ1v) is 11.9. The molecule has 1 nitrogen and oxygen atoms in total. The fourth-order valence-corrected chi connectivity index (χ4v) is 3.93. The largest absolute Gasteiger partial charge is 0.344 e. The molecule has 0 aliphatic heterocycles. The number of hydrogen-bond donors (Lipinski definition) is 1. The first-order valence-electron chi connectivity index (χ1n) is 11.9. The highest BCUT2D eigenvalue weighted by Gasteiger charge is 1.98. The summed E-state index contributed by atoms with van der Waals surface area (Å²) in [7, 11) is 0. The zero-order valence-corrected chi connectivity index (χ0v) is 18.7. The van der Waals surface area contributed by atoms with Gasteiger partial charge in [-0.25, -0.2) is 0 Å². The molecular weight excluding hydrogens is 326 g/mol. The first kappa shape index (κ1) is 26.2. The highest BCUT2D eigenvalue weighted by Crippen LogP contribution is 2.15. The van der Waals surface area contributed by atoms with E-state index in [4.69, 9.17) is 0 Å². The van der Waals surface area contributed by atoms with E-state index >= 15 is 0 Å². The van der Waals surface area contributed by atoms with Gasteiger partial charge in [0.1, 0.15) is 0 Å². The van der Waals surface area contributed by atoms with Gasteiger partial charge in [0.25, 0.3) is 0 Å². The van der Waals surface area contributed by atoms with Gasteiger partial charge in [-0.05, 0) is 30.9 Å². The van der Waals surface area contributed by atoms with Crippen molar-refractivity contribution in [2.45, 2.75) is 129 Å². The Kier molecular flexibility index (Phi) is 19.3. The van der Waals surface area contributed by atoms with E-state index in [0.717, 1.165) is 0 Å². The smallest absolute Gasteiger partial charge is 0.0276 e. The fourth-order valence-electron chi connectivity index (χ4n) is 3.93. The summed E-state index contributed by atoms with van der Waals surface area (Å²) in [5.41, 5.74) is 3.01. The van der Waals surface area contributed by atoms with Crippen molar-refractivity contribution >= 4 is 0 Å². The average Bonchev–Trinajstić information content (AvgIpc) is 2.65. The van der Waals surface area contributed by atoms with Crippen molar-refractivity contribution in [1.29, 1.82) is 0 Å². The van der Waals surface area contributed by atoms with Crippen molar-refractivity contribution in [2.24, 2.45) is 0 Å². The second-order valence-electron chi connectivity index (χ2n) is 8.33. The molecule has 1 aromatic carbocycles. The van der Waals surface area contributed by atoms with Crippen LogP contribution >= 0.6 is 0 Å². The van der Waals surface area contributed by atoms with Gasteiger partial charge >= 0.3 is 0 Å². The third-order valence-electron chi connectivity index (χ3n) is 5.81. The molecule has 27 heavy (non-hydrogen) atoms. The van der Waals surface area contributed by atoms with Gasteiger partial charge in [-0.3, -0.25) is 0 Å². The molecule has 1 rings (SSSR count). The van der Waals surface area contributed by atoms with Crippen molar-refractivity contribution in [3.8, 4) is 0 Å². The summed E-state index contributed by atoms with van der Waals surface area (Å²) in [4.78, 5) is 0. The van der Waals surface area contributed by atoms with E-state index in [1.165, 1.54) is 121 Å². The molecule has 0 bridgehead atoms. The Morgan fingerprint density at radius 1 is 0.519 bits per heavy atom. The van der Waals surface area contributed by atoms with Crippen LogP contribution in [0.3, 0.4) is 0 Å². The van der Waals surface area contributed by atoms with E-state index in [0.29, 0.717) is 0 Å². The van der Waals surface area contributed by atoms with E-state index in [9.17, 15) is 0 Å². The van der Waals surface area contributed by atoms with Crippen LogP contribution in [0.5, 0.6) is 0 Å². The molecule has 0 fully saturated rings. The lowest BCUT2D eigenvalue weighted by atomic mass is 10.0. The molecule has 0 atom stereocenters. The van der Waals surface area contributed by atoms with Gasteiger partial charge in [0, 0.05) is 0 Å². The van der Waals surface area contributed by atoms with Crippen LogP contribution in [0.1, 0.15) is 127 Å². The molecule has 158 valence electrons. The first-order chi connectivity index (χ1) is 12.8. The lowest BCUT2D eigenvalue weighted by Crippen LogP contribution is -1.89. The van der Waals surface area contributed by atoms with Crippen LogP contribution < -0.4 is 6.15 Å². The number of unbranched alkanes of at least 4 members (excludes halogenated alkanes) is 16. The van der Waals surface area contributed by atoms with E-state index in [1.807, 2.05) is 0 Å². The number of aryl methyl sites for hydroxylation is 2. The van der Waals surface area contributed by atoms with Gasteiger partial charge in [-0.2, -0.15) is 0 Å². The molecule has 0 saturated heterocycles. The maximum absolute atomic E-state index is 2.30. The normalized spacial score (nSPS) is 10.7. The number of hydrogen-bond acceptors (Lipinski definition) is 1. The average molecular weight is 376 g/mol. The molecule has 1 aromatic rings. The minimum atomic E-state index is 0. The van der Waals surface area contributed by atoms with Gasteiger partial charge < -0.3 is 6.15 Å². The monoisotopic (exact) mass is 375 g/mol. The molecule has 0 radical (unpaired) electrons. The summed E-state index contributed by atoms with van der Waals surface area (Å²) >= 11 is 0. The molecule has 0 heterocycles. The summed E-state index contributed by atoms with van der Waals surface area (Å²) in [5.74, 6) is 0. The van der Waals surface area contributed by atoms with Crippen LogP contribution in [0.15, 0.2) is 24.3 Å². The van der Waals surface area contributed by atoms with Crippen molar-refractivity contribution in [3.63, 3.8) is 0 Å². The van der Waals surface area contributed by atoms with Crippen LogP contribution in [0.25, 0.3) is 0 Å². The maximum atomic E-state index is 2.30. The number of benzene rings is 1. The predicted octanol–water partition coefficient (Wildman–Crippen LogP) is 9.35. The predicted molar refractivity (Wildman–Crippen MR) is 124 cm³/mol. The van der Waals surface area contributed by atoms with Gasteiger partial charge in [0.2, 0.25) is 0 Å². The van der Waals surface area contributed by atoms with Gasteiger partial charge in [-0.15, -0.1) is 0 Å². The van der Waals surface area contributed by atoms with Crippen molar-refractivity contribution in [1.82, 2.24) is 6.15 Å². The van der Waals surface area contributed by atoms with E-state index in [2.05, 4.69) is 38.1 Å². The molecule has 0 aliphatic carbocycles. The summed E-state index contributed by atoms with van der Waals surface area (Å²) in [6.07, 6.45) is 25.9. The van der Waals surface area contributed by atoms with Gasteiger partial charge in [0.15, 0.2) is 0 Å². The van der Waals surface area contributed by atoms with Crippen LogP contribution in [0, 0.1) is 6.92 Å². The van der Waals surface area contributed by atoms with Crippen molar-refractivity contribution in [3.05, 3.63) is 35.4 Å². The number of rotatable bonds is 18. The molecular formula is C26H49N. The SMILES string of the molecule is CCCCCCCCCCCCCCCCCCCc1ccccc1C.N. The second-order valence-corrected chi connectivity index (χ2v) is 8.33. The molecule has 0 unspecified atom stereocenters. The molecule has 3 N–H and O–H groups in total. The van der Waals surface area contributed by atoms with E-state index in [1.54, 1.807) is 5.56 Å². The topological polar surface area (TPSA) is 35.0 Å². The Balaban J connectivity index is 0.00000676. The fraction of sp³-hybridized carbons (Fsp3) is 0.769. The van der Waals surface area contributed by atoms with Crippen LogP contribution in [-0.4, -0.2) is 0 Å². The summed E-state index contributed by atoms with van der Waals surface area (Å²) in [6, 6.07) is 8.86. The zero-order chi connectivity index (χ0) is 18.7. The maximum Gasteiger partial charge on any atom is -0.0276 e. The van der Waals surface area contributed by atoms with Gasteiger partial charge in [0.05, 0.1) is 0 Å². The molecule has 0 spiro atoms. The highest BCUT2D eigenvalue weighted by molar-refractivity contribution is 5.25. The van der Waals surface area contributed by atoms with Crippen LogP contribution in [0.2, 0.25) is 0 Å². The molecule has 1 heteroatoms. The quantitative estimate of drug-likeness (QED) is 0.255. The van der Waals surface area contributed by atoms with Crippen LogP contribution in [-0.2, 0) is 6.42 Å². The Hall–Kier alpha value is -0.820. The van der Waals surface area contributed by atoms with Gasteiger partial charge in [-0.1, -0.05) is 134 Å². The molecule has 0 amide bonds. The summed E-state index contributed by atoms with van der Waals surface area (Å²) in [5, 5.41) is 0. The minimum Gasteiger partial charge on any atom is -0.344 e. The Bertz CT molecular complexity index is 412. The third-order valence-corrected chi connectivity index (χ3v) is 5.81. The third kappa shape index (κ3) is 15.9. The van der Waals surface area contributed by atoms with Crippen LogP contribution in [0.4, 0.5) is 0 Å². The standard InChI is InChI=1S/C26H46.H3N/c1-3-4-5-6-7-8-9-10-11-12-13-14-15-16-17-18-19-23-26-24-21-20-22-25(26)2;/h20-22,24H,3-19,23H2,1-2H3;1H3. The Labute approximate surface area is 171 Å².